The van der Waals surface area contributed by atoms with Crippen LogP contribution >= 0.6 is 11.8 Å². The Morgan fingerprint density at radius 2 is 1.75 bits per heavy atom. The van der Waals surface area contributed by atoms with Gasteiger partial charge in [-0.15, -0.1) is 0 Å². The van der Waals surface area contributed by atoms with E-state index in [0.29, 0.717) is 6.04 Å². The molecule has 0 saturated carbocycles. The van der Waals surface area contributed by atoms with Gasteiger partial charge in [0.1, 0.15) is 0 Å². The lowest BCUT2D eigenvalue weighted by molar-refractivity contribution is 0.585. The molecule has 0 aliphatic rings. The summed E-state index contributed by atoms with van der Waals surface area (Å²) in [6.45, 7) is 9.61. The van der Waals surface area contributed by atoms with Gasteiger partial charge < -0.3 is 5.32 Å². The van der Waals surface area contributed by atoms with E-state index in [4.69, 9.17) is 0 Å². The van der Waals surface area contributed by atoms with Gasteiger partial charge in [0.05, 0.1) is 0 Å². The zero-order valence-corrected chi connectivity index (χ0v) is 13.6. The van der Waals surface area contributed by atoms with E-state index in [1.165, 1.54) is 26.5 Å². The van der Waals surface area contributed by atoms with Gasteiger partial charge in [0.2, 0.25) is 0 Å². The summed E-state index contributed by atoms with van der Waals surface area (Å²) < 4.78 is 0. The van der Waals surface area contributed by atoms with Crippen LogP contribution in [0.2, 0.25) is 0 Å². The highest BCUT2D eigenvalue weighted by atomic mass is 32.2. The maximum absolute atomic E-state index is 3.50. The average molecular weight is 285 g/mol. The van der Waals surface area contributed by atoms with E-state index in [1.807, 2.05) is 11.8 Å². The van der Waals surface area contributed by atoms with Crippen molar-refractivity contribution in [2.45, 2.75) is 50.1 Å². The molecule has 2 heteroatoms. The van der Waals surface area contributed by atoms with Gasteiger partial charge >= 0.3 is 0 Å². The molecular weight excluding hydrogens is 262 g/mol. The fraction of sp³-hybridized carbons (Fsp3) is 0.333. The number of hydrogen-bond acceptors (Lipinski definition) is 2. The molecule has 0 unspecified atom stereocenters. The van der Waals surface area contributed by atoms with Crippen molar-refractivity contribution in [3.05, 3.63) is 59.2 Å². The first-order valence-corrected chi connectivity index (χ1v) is 7.94. The number of aryl methyl sites for hydroxylation is 2. The molecule has 0 atom stereocenters. The van der Waals surface area contributed by atoms with E-state index in [2.05, 4.69) is 75.5 Å². The first kappa shape index (κ1) is 15.1. The quantitative estimate of drug-likeness (QED) is 0.834. The molecular formula is C18H23NS. The van der Waals surface area contributed by atoms with Crippen molar-refractivity contribution in [3.8, 4) is 0 Å². The zero-order valence-electron chi connectivity index (χ0n) is 12.7. The van der Waals surface area contributed by atoms with Crippen LogP contribution < -0.4 is 5.32 Å². The van der Waals surface area contributed by atoms with Gasteiger partial charge in [-0.3, -0.25) is 0 Å². The SMILES string of the molecule is Cc1ccc(C)c(Sc2ccccc2CNC(C)C)c1. The van der Waals surface area contributed by atoms with E-state index in [1.54, 1.807) is 0 Å². The summed E-state index contributed by atoms with van der Waals surface area (Å²) in [4.78, 5) is 2.69. The molecule has 2 aromatic carbocycles. The van der Waals surface area contributed by atoms with E-state index in [0.717, 1.165) is 6.54 Å². The molecule has 0 aliphatic heterocycles. The summed E-state index contributed by atoms with van der Waals surface area (Å²) in [5.74, 6) is 0. The van der Waals surface area contributed by atoms with Crippen LogP contribution in [0, 0.1) is 13.8 Å². The highest BCUT2D eigenvalue weighted by Gasteiger charge is 2.06. The molecule has 0 saturated heterocycles. The Kier molecular flexibility index (Phi) is 5.27. The topological polar surface area (TPSA) is 12.0 Å². The van der Waals surface area contributed by atoms with Crippen LogP contribution in [-0.4, -0.2) is 6.04 Å². The highest BCUT2D eigenvalue weighted by Crippen LogP contribution is 2.33. The number of rotatable bonds is 5. The van der Waals surface area contributed by atoms with E-state index >= 15 is 0 Å². The second-order valence-corrected chi connectivity index (χ2v) is 6.60. The van der Waals surface area contributed by atoms with Crippen LogP contribution in [0.3, 0.4) is 0 Å². The maximum atomic E-state index is 3.50. The molecule has 1 nitrogen and oxygen atoms in total. The predicted octanol–water partition coefficient (Wildman–Crippen LogP) is 4.95. The maximum Gasteiger partial charge on any atom is 0.0219 e. The smallest absolute Gasteiger partial charge is 0.0219 e. The third kappa shape index (κ3) is 4.12. The van der Waals surface area contributed by atoms with Crippen LogP contribution in [0.5, 0.6) is 0 Å². The minimum absolute atomic E-state index is 0.508. The molecule has 0 aliphatic carbocycles. The second-order valence-electron chi connectivity index (χ2n) is 5.51. The van der Waals surface area contributed by atoms with Gasteiger partial charge in [0.25, 0.3) is 0 Å². The van der Waals surface area contributed by atoms with Crippen molar-refractivity contribution in [1.82, 2.24) is 5.32 Å². The van der Waals surface area contributed by atoms with Crippen LogP contribution in [0.15, 0.2) is 52.3 Å². The largest absolute Gasteiger partial charge is 0.310 e. The van der Waals surface area contributed by atoms with Crippen molar-refractivity contribution in [2.75, 3.05) is 0 Å². The normalized spacial score (nSPS) is 11.1. The predicted molar refractivity (Wildman–Crippen MR) is 88.5 cm³/mol. The summed E-state index contributed by atoms with van der Waals surface area (Å²) in [5.41, 5.74) is 4.02. The first-order valence-electron chi connectivity index (χ1n) is 7.12. The molecule has 0 radical (unpaired) electrons. The molecule has 20 heavy (non-hydrogen) atoms. The van der Waals surface area contributed by atoms with E-state index in [-0.39, 0.29) is 0 Å². The van der Waals surface area contributed by atoms with Gasteiger partial charge in [-0.2, -0.15) is 0 Å². The van der Waals surface area contributed by atoms with Crippen molar-refractivity contribution < 1.29 is 0 Å². The minimum Gasteiger partial charge on any atom is -0.310 e. The van der Waals surface area contributed by atoms with E-state index in [9.17, 15) is 0 Å². The molecule has 0 amide bonds. The Labute approximate surface area is 126 Å². The molecule has 0 spiro atoms. The molecule has 1 N–H and O–H groups in total. The number of benzene rings is 2. The Hall–Kier alpha value is -1.25. The van der Waals surface area contributed by atoms with Crippen LogP contribution in [0.25, 0.3) is 0 Å². The summed E-state index contributed by atoms with van der Waals surface area (Å²) in [6, 6.07) is 15.8. The molecule has 0 fully saturated rings. The van der Waals surface area contributed by atoms with Crippen LogP contribution in [0.1, 0.15) is 30.5 Å². The molecule has 0 heterocycles. The van der Waals surface area contributed by atoms with Gasteiger partial charge in [-0.1, -0.05) is 55.9 Å². The zero-order chi connectivity index (χ0) is 14.5. The van der Waals surface area contributed by atoms with Gasteiger partial charge in [-0.05, 0) is 42.7 Å². The summed E-state index contributed by atoms with van der Waals surface area (Å²) in [6.07, 6.45) is 0. The molecule has 0 bridgehead atoms. The lowest BCUT2D eigenvalue weighted by Gasteiger charge is -2.13. The molecule has 2 rings (SSSR count). The van der Waals surface area contributed by atoms with Crippen molar-refractivity contribution >= 4 is 11.8 Å². The average Bonchev–Trinajstić information content (AvgIpc) is 2.42. The second kappa shape index (κ2) is 6.96. The minimum atomic E-state index is 0.508. The highest BCUT2D eigenvalue weighted by molar-refractivity contribution is 7.99. The summed E-state index contributed by atoms with van der Waals surface area (Å²) in [5, 5.41) is 3.50. The lowest BCUT2D eigenvalue weighted by Crippen LogP contribution is -2.22. The molecule has 2 aromatic rings. The number of nitrogens with one attached hydrogen (secondary N) is 1. The van der Waals surface area contributed by atoms with Crippen LogP contribution in [0.4, 0.5) is 0 Å². The van der Waals surface area contributed by atoms with Crippen molar-refractivity contribution in [3.63, 3.8) is 0 Å². The Morgan fingerprint density at radius 1 is 1.00 bits per heavy atom. The fourth-order valence-electron chi connectivity index (χ4n) is 2.00. The summed E-state index contributed by atoms with van der Waals surface area (Å²) >= 11 is 1.87. The van der Waals surface area contributed by atoms with Gasteiger partial charge in [0, 0.05) is 22.4 Å². The standard InChI is InChI=1S/C18H23NS/c1-13(2)19-12-16-7-5-6-8-17(16)20-18-11-14(3)9-10-15(18)4/h5-11,13,19H,12H2,1-4H3. The fourth-order valence-corrected chi connectivity index (χ4v) is 3.13. The Balaban J connectivity index is 2.22. The Morgan fingerprint density at radius 3 is 2.50 bits per heavy atom. The van der Waals surface area contributed by atoms with Crippen LogP contribution in [-0.2, 0) is 6.54 Å². The van der Waals surface area contributed by atoms with Gasteiger partial charge in [-0.25, -0.2) is 0 Å². The monoisotopic (exact) mass is 285 g/mol. The Bertz CT molecular complexity index is 575. The molecule has 0 aromatic heterocycles. The lowest BCUT2D eigenvalue weighted by atomic mass is 10.2. The third-order valence-corrected chi connectivity index (χ3v) is 4.51. The van der Waals surface area contributed by atoms with E-state index < -0.39 is 0 Å². The van der Waals surface area contributed by atoms with Crippen molar-refractivity contribution in [2.24, 2.45) is 0 Å². The molecule has 106 valence electrons. The first-order chi connectivity index (χ1) is 9.56. The third-order valence-electron chi connectivity index (χ3n) is 3.24. The van der Waals surface area contributed by atoms with Crippen molar-refractivity contribution in [1.29, 1.82) is 0 Å². The number of hydrogen-bond donors (Lipinski definition) is 1. The van der Waals surface area contributed by atoms with Gasteiger partial charge in [0.15, 0.2) is 0 Å². The summed E-state index contributed by atoms with van der Waals surface area (Å²) in [7, 11) is 0.